The maximum absolute atomic E-state index is 11.7. The molecule has 0 fully saturated rings. The molecule has 0 saturated carbocycles. The SMILES string of the molecule is COC(=O)[C@H](C)NC(=O)[C@@H](C)NC(=O)[C@H](C)NC(C)=O. The van der Waals surface area contributed by atoms with Crippen LogP contribution in [0.1, 0.15) is 27.7 Å². The monoisotopic (exact) mass is 287 g/mol. The molecular weight excluding hydrogens is 266 g/mol. The predicted octanol–water partition coefficient (Wildman–Crippen LogP) is -1.31. The molecule has 8 nitrogen and oxygen atoms in total. The summed E-state index contributed by atoms with van der Waals surface area (Å²) in [7, 11) is 1.21. The lowest BCUT2D eigenvalue weighted by Crippen LogP contribution is -2.53. The molecule has 0 aliphatic carbocycles. The van der Waals surface area contributed by atoms with Crippen LogP contribution in [0.5, 0.6) is 0 Å². The lowest BCUT2D eigenvalue weighted by Gasteiger charge is -2.19. The van der Waals surface area contributed by atoms with E-state index >= 15 is 0 Å². The standard InChI is InChI=1S/C12H21N3O5/c1-6(13-9(4)16)10(17)14-7(2)11(18)15-8(3)12(19)20-5/h6-8H,1-5H3,(H,13,16)(H,14,17)(H,15,18)/t6-,7+,8-/m0/s1. The normalized spacial score (nSPS) is 14.4. The van der Waals surface area contributed by atoms with Gasteiger partial charge in [-0.3, -0.25) is 14.4 Å². The van der Waals surface area contributed by atoms with Gasteiger partial charge in [-0.1, -0.05) is 0 Å². The molecule has 0 aromatic rings. The van der Waals surface area contributed by atoms with Gasteiger partial charge in [-0.2, -0.15) is 0 Å². The van der Waals surface area contributed by atoms with Crippen molar-refractivity contribution in [2.24, 2.45) is 0 Å². The first-order valence-electron chi connectivity index (χ1n) is 6.14. The average Bonchev–Trinajstić information content (AvgIpc) is 2.36. The fraction of sp³-hybridized carbons (Fsp3) is 0.667. The minimum atomic E-state index is -0.842. The minimum Gasteiger partial charge on any atom is -0.467 e. The van der Waals surface area contributed by atoms with Crippen LogP contribution in [-0.2, 0) is 23.9 Å². The molecular formula is C12H21N3O5. The largest absolute Gasteiger partial charge is 0.467 e. The Morgan fingerprint density at radius 2 is 1.20 bits per heavy atom. The summed E-state index contributed by atoms with van der Waals surface area (Å²) in [4.78, 5) is 45.4. The predicted molar refractivity (Wildman–Crippen MR) is 70.5 cm³/mol. The van der Waals surface area contributed by atoms with Crippen LogP contribution >= 0.6 is 0 Å². The van der Waals surface area contributed by atoms with E-state index in [0.29, 0.717) is 0 Å². The smallest absolute Gasteiger partial charge is 0.328 e. The molecule has 0 aromatic carbocycles. The fourth-order valence-corrected chi connectivity index (χ4v) is 1.35. The highest BCUT2D eigenvalue weighted by Crippen LogP contribution is 1.91. The highest BCUT2D eigenvalue weighted by atomic mass is 16.5. The van der Waals surface area contributed by atoms with Crippen molar-refractivity contribution < 1.29 is 23.9 Å². The van der Waals surface area contributed by atoms with Crippen molar-refractivity contribution in [2.45, 2.75) is 45.8 Å². The quantitative estimate of drug-likeness (QED) is 0.525. The van der Waals surface area contributed by atoms with Gasteiger partial charge in [0.15, 0.2) is 0 Å². The van der Waals surface area contributed by atoms with E-state index in [-0.39, 0.29) is 5.91 Å². The van der Waals surface area contributed by atoms with Crippen molar-refractivity contribution in [2.75, 3.05) is 7.11 Å². The van der Waals surface area contributed by atoms with Crippen LogP contribution in [0.15, 0.2) is 0 Å². The molecule has 0 saturated heterocycles. The highest BCUT2D eigenvalue weighted by Gasteiger charge is 2.23. The summed E-state index contributed by atoms with van der Waals surface area (Å²) >= 11 is 0. The molecule has 20 heavy (non-hydrogen) atoms. The number of ether oxygens (including phenoxy) is 1. The van der Waals surface area contributed by atoms with Crippen LogP contribution in [0.2, 0.25) is 0 Å². The molecule has 0 heterocycles. The molecule has 3 amide bonds. The van der Waals surface area contributed by atoms with E-state index in [2.05, 4.69) is 20.7 Å². The zero-order valence-corrected chi connectivity index (χ0v) is 12.3. The van der Waals surface area contributed by atoms with E-state index in [1.165, 1.54) is 34.8 Å². The van der Waals surface area contributed by atoms with Crippen LogP contribution in [0, 0.1) is 0 Å². The lowest BCUT2D eigenvalue weighted by molar-refractivity contribution is -0.144. The van der Waals surface area contributed by atoms with Crippen molar-refractivity contribution in [3.63, 3.8) is 0 Å². The molecule has 0 radical (unpaired) electrons. The zero-order chi connectivity index (χ0) is 15.9. The van der Waals surface area contributed by atoms with Crippen LogP contribution in [0.25, 0.3) is 0 Å². The summed E-state index contributed by atoms with van der Waals surface area (Å²) in [5, 5.41) is 7.23. The second-order valence-corrected chi connectivity index (χ2v) is 4.41. The van der Waals surface area contributed by atoms with E-state index in [9.17, 15) is 19.2 Å². The van der Waals surface area contributed by atoms with Crippen LogP contribution in [0.3, 0.4) is 0 Å². The number of nitrogens with one attached hydrogen (secondary N) is 3. The molecule has 0 bridgehead atoms. The maximum Gasteiger partial charge on any atom is 0.328 e. The summed E-state index contributed by atoms with van der Waals surface area (Å²) < 4.78 is 4.47. The molecule has 0 rings (SSSR count). The number of rotatable bonds is 6. The van der Waals surface area contributed by atoms with Crippen molar-refractivity contribution in [3.05, 3.63) is 0 Å². The Bertz CT molecular complexity index is 397. The van der Waals surface area contributed by atoms with Gasteiger partial charge < -0.3 is 20.7 Å². The van der Waals surface area contributed by atoms with E-state index in [0.717, 1.165) is 0 Å². The Kier molecular flexibility index (Phi) is 7.27. The van der Waals surface area contributed by atoms with Crippen molar-refractivity contribution in [3.8, 4) is 0 Å². The zero-order valence-electron chi connectivity index (χ0n) is 12.3. The van der Waals surface area contributed by atoms with Crippen LogP contribution in [0.4, 0.5) is 0 Å². The first-order valence-corrected chi connectivity index (χ1v) is 6.14. The number of carbonyl (C=O) groups is 4. The van der Waals surface area contributed by atoms with Gasteiger partial charge in [-0.15, -0.1) is 0 Å². The third-order valence-electron chi connectivity index (χ3n) is 2.48. The van der Waals surface area contributed by atoms with Gasteiger partial charge in [0, 0.05) is 6.92 Å². The van der Waals surface area contributed by atoms with Gasteiger partial charge in [0.2, 0.25) is 17.7 Å². The Morgan fingerprint density at radius 3 is 1.60 bits per heavy atom. The summed E-state index contributed by atoms with van der Waals surface area (Å²) in [5.41, 5.74) is 0. The van der Waals surface area contributed by atoms with Gasteiger partial charge in [0.05, 0.1) is 7.11 Å². The summed E-state index contributed by atoms with van der Waals surface area (Å²) in [6.45, 7) is 5.73. The lowest BCUT2D eigenvalue weighted by atomic mass is 10.2. The first-order chi connectivity index (χ1) is 9.18. The van der Waals surface area contributed by atoms with E-state index in [4.69, 9.17) is 0 Å². The number of carbonyl (C=O) groups excluding carboxylic acids is 4. The number of methoxy groups -OCH3 is 1. The molecule has 0 aliphatic heterocycles. The second kappa shape index (κ2) is 8.13. The Morgan fingerprint density at radius 1 is 0.800 bits per heavy atom. The highest BCUT2D eigenvalue weighted by molar-refractivity contribution is 5.92. The van der Waals surface area contributed by atoms with Gasteiger partial charge in [0.25, 0.3) is 0 Å². The molecule has 8 heteroatoms. The van der Waals surface area contributed by atoms with Crippen molar-refractivity contribution >= 4 is 23.7 Å². The van der Waals surface area contributed by atoms with Crippen LogP contribution < -0.4 is 16.0 Å². The Balaban J connectivity index is 4.35. The number of hydrogen-bond donors (Lipinski definition) is 3. The molecule has 0 aromatic heterocycles. The first kappa shape index (κ1) is 17.9. The second-order valence-electron chi connectivity index (χ2n) is 4.41. The van der Waals surface area contributed by atoms with Gasteiger partial charge in [-0.25, -0.2) is 4.79 Å². The van der Waals surface area contributed by atoms with Crippen molar-refractivity contribution in [1.29, 1.82) is 0 Å². The fourth-order valence-electron chi connectivity index (χ4n) is 1.35. The summed E-state index contributed by atoms with van der Waals surface area (Å²) in [6.07, 6.45) is 0. The summed E-state index contributed by atoms with van der Waals surface area (Å²) in [6, 6.07) is -2.40. The summed E-state index contributed by atoms with van der Waals surface area (Å²) in [5.74, 6) is -1.94. The average molecular weight is 287 g/mol. The topological polar surface area (TPSA) is 114 Å². The van der Waals surface area contributed by atoms with Crippen LogP contribution in [-0.4, -0.2) is 48.9 Å². The molecule has 0 spiro atoms. The van der Waals surface area contributed by atoms with E-state index in [1.807, 2.05) is 0 Å². The minimum absolute atomic E-state index is 0.343. The molecule has 3 N–H and O–H groups in total. The Hall–Kier alpha value is -2.12. The van der Waals surface area contributed by atoms with Crippen molar-refractivity contribution in [1.82, 2.24) is 16.0 Å². The number of esters is 1. The number of amides is 3. The molecule has 3 atom stereocenters. The number of hydrogen-bond acceptors (Lipinski definition) is 5. The van der Waals surface area contributed by atoms with Gasteiger partial charge in [0.1, 0.15) is 18.1 Å². The molecule has 0 unspecified atom stereocenters. The van der Waals surface area contributed by atoms with Gasteiger partial charge in [-0.05, 0) is 20.8 Å². The Labute approximate surface area is 117 Å². The van der Waals surface area contributed by atoms with E-state index in [1.54, 1.807) is 0 Å². The molecule has 114 valence electrons. The third kappa shape index (κ3) is 6.17. The maximum atomic E-state index is 11.7. The molecule has 0 aliphatic rings. The van der Waals surface area contributed by atoms with Gasteiger partial charge >= 0.3 is 5.97 Å². The third-order valence-corrected chi connectivity index (χ3v) is 2.48. The van der Waals surface area contributed by atoms with E-state index < -0.39 is 35.9 Å².